The first kappa shape index (κ1) is 20.1. The molecule has 0 atom stereocenters. The number of alkyl halides is 3. The highest BCUT2D eigenvalue weighted by Crippen LogP contribution is 2.34. The monoisotopic (exact) mass is 399 g/mol. The maximum absolute atomic E-state index is 13.1. The van der Waals surface area contributed by atoms with Gasteiger partial charge in [-0.25, -0.2) is 0 Å². The number of hydrogen-bond acceptors (Lipinski definition) is 3. The van der Waals surface area contributed by atoms with Crippen LogP contribution in [0.25, 0.3) is 0 Å². The fraction of sp³-hybridized carbons (Fsp3) is 0.0952. The van der Waals surface area contributed by atoms with E-state index in [4.69, 9.17) is 0 Å². The highest BCUT2D eigenvalue weighted by atomic mass is 19.4. The second kappa shape index (κ2) is 8.14. The number of benzene rings is 2. The number of aromatic nitrogens is 1. The Bertz CT molecular complexity index is 1060. The number of nitrogens with zero attached hydrogens (tertiary/aromatic N) is 1. The Labute approximate surface area is 164 Å². The summed E-state index contributed by atoms with van der Waals surface area (Å²) in [6.07, 6.45) is -2.17. The van der Waals surface area contributed by atoms with E-state index in [1.165, 1.54) is 30.6 Å². The lowest BCUT2D eigenvalue weighted by atomic mass is 10.1. The number of amides is 2. The van der Waals surface area contributed by atoms with E-state index in [0.717, 1.165) is 17.7 Å². The molecule has 3 rings (SSSR count). The Morgan fingerprint density at radius 3 is 1.93 bits per heavy atom. The van der Waals surface area contributed by atoms with E-state index >= 15 is 0 Å². The minimum Gasteiger partial charge on any atom is -0.322 e. The number of halogens is 3. The molecule has 2 amide bonds. The van der Waals surface area contributed by atoms with Gasteiger partial charge in [-0.05, 0) is 36.8 Å². The first-order valence-electron chi connectivity index (χ1n) is 8.55. The third-order valence-electron chi connectivity index (χ3n) is 4.14. The Hall–Kier alpha value is -3.68. The van der Waals surface area contributed by atoms with E-state index in [0.29, 0.717) is 5.69 Å². The summed E-state index contributed by atoms with van der Waals surface area (Å²) in [7, 11) is 0. The van der Waals surface area contributed by atoms with E-state index in [1.54, 1.807) is 12.1 Å². The lowest BCUT2D eigenvalue weighted by molar-refractivity contribution is -0.136. The van der Waals surface area contributed by atoms with Crippen molar-refractivity contribution in [2.75, 3.05) is 10.6 Å². The molecule has 0 aliphatic heterocycles. The molecule has 0 radical (unpaired) electrons. The maximum atomic E-state index is 13.1. The van der Waals surface area contributed by atoms with Gasteiger partial charge < -0.3 is 10.6 Å². The molecular weight excluding hydrogens is 383 g/mol. The van der Waals surface area contributed by atoms with Crippen molar-refractivity contribution in [1.29, 1.82) is 0 Å². The van der Waals surface area contributed by atoms with E-state index < -0.39 is 23.6 Å². The molecule has 148 valence electrons. The maximum Gasteiger partial charge on any atom is 0.418 e. The molecule has 0 bridgehead atoms. The van der Waals surface area contributed by atoms with Crippen molar-refractivity contribution >= 4 is 23.2 Å². The Kier molecular flexibility index (Phi) is 5.63. The number of carbonyl (C=O) groups excluding carboxylic acids is 2. The van der Waals surface area contributed by atoms with Gasteiger partial charge in [0.2, 0.25) is 0 Å². The van der Waals surface area contributed by atoms with Gasteiger partial charge in [-0.3, -0.25) is 14.6 Å². The van der Waals surface area contributed by atoms with Crippen LogP contribution < -0.4 is 10.6 Å². The molecule has 5 nitrogen and oxygen atoms in total. The van der Waals surface area contributed by atoms with Gasteiger partial charge in [0.25, 0.3) is 11.8 Å². The summed E-state index contributed by atoms with van der Waals surface area (Å²) in [5.41, 5.74) is 0.178. The van der Waals surface area contributed by atoms with E-state index in [-0.39, 0.29) is 16.8 Å². The average molecular weight is 399 g/mol. The van der Waals surface area contributed by atoms with Gasteiger partial charge in [-0.15, -0.1) is 0 Å². The highest BCUT2D eigenvalue weighted by molar-refractivity contribution is 6.08. The Morgan fingerprint density at radius 1 is 0.828 bits per heavy atom. The zero-order chi connectivity index (χ0) is 21.0. The fourth-order valence-electron chi connectivity index (χ4n) is 2.63. The molecule has 3 aromatic rings. The SMILES string of the molecule is Cc1ccccc1NC(=O)c1cncc(C(=O)Nc2ccccc2C(F)(F)F)c1. The van der Waals surface area contributed by atoms with Gasteiger partial charge >= 0.3 is 6.18 Å². The zero-order valence-corrected chi connectivity index (χ0v) is 15.2. The second-order valence-electron chi connectivity index (χ2n) is 6.23. The van der Waals surface area contributed by atoms with E-state index in [2.05, 4.69) is 15.6 Å². The molecule has 8 heteroatoms. The van der Waals surface area contributed by atoms with Gasteiger partial charge in [0, 0.05) is 18.1 Å². The number of pyridine rings is 1. The smallest absolute Gasteiger partial charge is 0.322 e. The van der Waals surface area contributed by atoms with Crippen molar-refractivity contribution in [3.63, 3.8) is 0 Å². The summed E-state index contributed by atoms with van der Waals surface area (Å²) < 4.78 is 39.3. The van der Waals surface area contributed by atoms with Crippen LogP contribution >= 0.6 is 0 Å². The summed E-state index contributed by atoms with van der Waals surface area (Å²) >= 11 is 0. The van der Waals surface area contributed by atoms with Crippen LogP contribution in [0.2, 0.25) is 0 Å². The molecule has 0 fully saturated rings. The number of rotatable bonds is 4. The zero-order valence-electron chi connectivity index (χ0n) is 15.2. The molecule has 2 aromatic carbocycles. The summed E-state index contributed by atoms with van der Waals surface area (Å²) in [5, 5.41) is 4.94. The van der Waals surface area contributed by atoms with Crippen LogP contribution in [-0.4, -0.2) is 16.8 Å². The predicted octanol–water partition coefficient (Wildman–Crippen LogP) is 4.91. The van der Waals surface area contributed by atoms with Gasteiger partial charge in [0.1, 0.15) is 0 Å². The number of anilines is 2. The molecule has 1 heterocycles. The van der Waals surface area contributed by atoms with Crippen LogP contribution in [0, 0.1) is 6.92 Å². The minimum atomic E-state index is -4.61. The molecular formula is C21H16F3N3O2. The van der Waals surface area contributed by atoms with Crippen molar-refractivity contribution in [2.24, 2.45) is 0 Å². The quantitative estimate of drug-likeness (QED) is 0.655. The number of aryl methyl sites for hydroxylation is 1. The van der Waals surface area contributed by atoms with Crippen molar-refractivity contribution in [3.8, 4) is 0 Å². The van der Waals surface area contributed by atoms with Crippen LogP contribution in [0.3, 0.4) is 0 Å². The molecule has 0 saturated carbocycles. The van der Waals surface area contributed by atoms with Crippen molar-refractivity contribution in [1.82, 2.24) is 4.98 Å². The summed E-state index contributed by atoms with van der Waals surface area (Å²) in [6.45, 7) is 1.83. The fourth-order valence-corrected chi connectivity index (χ4v) is 2.63. The van der Waals surface area contributed by atoms with Crippen LogP contribution in [-0.2, 0) is 6.18 Å². The minimum absolute atomic E-state index is 0.0422. The molecule has 29 heavy (non-hydrogen) atoms. The number of para-hydroxylation sites is 2. The van der Waals surface area contributed by atoms with E-state index in [1.807, 2.05) is 19.1 Å². The largest absolute Gasteiger partial charge is 0.418 e. The molecule has 0 aliphatic carbocycles. The van der Waals surface area contributed by atoms with Gasteiger partial charge in [-0.2, -0.15) is 13.2 Å². The van der Waals surface area contributed by atoms with Crippen LogP contribution in [0.15, 0.2) is 67.0 Å². The summed E-state index contributed by atoms with van der Waals surface area (Å²) in [5.74, 6) is -1.29. The van der Waals surface area contributed by atoms with Crippen LogP contribution in [0.5, 0.6) is 0 Å². The van der Waals surface area contributed by atoms with Gasteiger partial charge in [-0.1, -0.05) is 30.3 Å². The average Bonchev–Trinajstić information content (AvgIpc) is 2.69. The lowest BCUT2D eigenvalue weighted by Gasteiger charge is -2.13. The Morgan fingerprint density at radius 2 is 1.34 bits per heavy atom. The molecule has 2 N–H and O–H groups in total. The van der Waals surface area contributed by atoms with Crippen molar-refractivity contribution in [2.45, 2.75) is 13.1 Å². The molecule has 0 saturated heterocycles. The Balaban J connectivity index is 1.80. The molecule has 0 aliphatic rings. The number of carbonyl (C=O) groups is 2. The molecule has 0 spiro atoms. The van der Waals surface area contributed by atoms with Gasteiger partial charge in [0.15, 0.2) is 0 Å². The third kappa shape index (κ3) is 4.78. The summed E-state index contributed by atoms with van der Waals surface area (Å²) in [4.78, 5) is 28.7. The second-order valence-corrected chi connectivity index (χ2v) is 6.23. The van der Waals surface area contributed by atoms with E-state index in [9.17, 15) is 22.8 Å². The van der Waals surface area contributed by atoms with Crippen LogP contribution in [0.4, 0.5) is 24.5 Å². The first-order valence-corrected chi connectivity index (χ1v) is 8.55. The summed E-state index contributed by atoms with van der Waals surface area (Å²) in [6, 6.07) is 13.1. The number of nitrogens with one attached hydrogen (secondary N) is 2. The van der Waals surface area contributed by atoms with Gasteiger partial charge in [0.05, 0.1) is 22.4 Å². The van der Waals surface area contributed by atoms with Crippen molar-refractivity contribution < 1.29 is 22.8 Å². The highest BCUT2D eigenvalue weighted by Gasteiger charge is 2.33. The number of hydrogen-bond donors (Lipinski definition) is 2. The van der Waals surface area contributed by atoms with Crippen LogP contribution in [0.1, 0.15) is 31.8 Å². The normalized spacial score (nSPS) is 11.0. The lowest BCUT2D eigenvalue weighted by Crippen LogP contribution is -2.18. The standard InChI is InChI=1S/C21H16F3N3O2/c1-13-6-2-4-8-17(13)26-19(28)14-10-15(12-25-11-14)20(29)27-18-9-5-3-7-16(18)21(22,23)24/h2-12H,1H3,(H,26,28)(H,27,29). The topological polar surface area (TPSA) is 71.1 Å². The molecule has 1 aromatic heterocycles. The van der Waals surface area contributed by atoms with Crippen molar-refractivity contribution in [3.05, 3.63) is 89.2 Å². The molecule has 0 unspecified atom stereocenters. The third-order valence-corrected chi connectivity index (χ3v) is 4.14. The predicted molar refractivity (Wildman–Crippen MR) is 103 cm³/mol. The first-order chi connectivity index (χ1) is 13.8.